The average Bonchev–Trinajstić information content (AvgIpc) is 2.42. The summed E-state index contributed by atoms with van der Waals surface area (Å²) >= 11 is 3.53. The summed E-state index contributed by atoms with van der Waals surface area (Å²) in [6.45, 7) is 4.02. The number of aryl methyl sites for hydroxylation is 2. The number of rotatable bonds is 1. The Morgan fingerprint density at radius 1 is 1.15 bits per heavy atom. The van der Waals surface area contributed by atoms with Crippen molar-refractivity contribution in [3.8, 4) is 5.75 Å². The van der Waals surface area contributed by atoms with Crippen LogP contribution < -0.4 is 4.74 Å². The molecule has 2 aromatic rings. The lowest BCUT2D eigenvalue weighted by molar-refractivity contribution is 0.0850. The minimum atomic E-state index is -0.199. The topological polar surface area (TPSA) is 26.3 Å². The summed E-state index contributed by atoms with van der Waals surface area (Å²) < 4.78 is 7.04. The monoisotopic (exact) mass is 330 g/mol. The minimum absolute atomic E-state index is 0.150. The first-order valence-electron chi connectivity index (χ1n) is 6.61. The zero-order valence-electron chi connectivity index (χ0n) is 11.4. The number of fused-ring (bicyclic) bond motifs is 1. The molecule has 102 valence electrons. The van der Waals surface area contributed by atoms with E-state index in [-0.39, 0.29) is 11.9 Å². The number of carbonyl (C=O) groups excluding carboxylic acids is 1. The van der Waals surface area contributed by atoms with Crippen molar-refractivity contribution in [3.63, 3.8) is 0 Å². The van der Waals surface area contributed by atoms with Crippen molar-refractivity contribution < 1.29 is 9.53 Å². The van der Waals surface area contributed by atoms with Crippen molar-refractivity contribution in [2.24, 2.45) is 0 Å². The van der Waals surface area contributed by atoms with E-state index < -0.39 is 0 Å². The summed E-state index contributed by atoms with van der Waals surface area (Å²) in [5, 5.41) is 0. The van der Waals surface area contributed by atoms with Gasteiger partial charge in [-0.2, -0.15) is 0 Å². The second-order valence-corrected chi connectivity index (χ2v) is 6.10. The van der Waals surface area contributed by atoms with Gasteiger partial charge in [0.2, 0.25) is 0 Å². The zero-order chi connectivity index (χ0) is 14.3. The van der Waals surface area contributed by atoms with E-state index in [0.29, 0.717) is 17.7 Å². The van der Waals surface area contributed by atoms with Crippen LogP contribution in [0.4, 0.5) is 0 Å². The highest BCUT2D eigenvalue weighted by atomic mass is 79.9. The van der Waals surface area contributed by atoms with Gasteiger partial charge in [0.1, 0.15) is 11.9 Å². The number of hydrogen-bond acceptors (Lipinski definition) is 2. The predicted molar refractivity (Wildman–Crippen MR) is 82.4 cm³/mol. The van der Waals surface area contributed by atoms with Gasteiger partial charge in [-0.25, -0.2) is 0 Å². The molecule has 2 nitrogen and oxygen atoms in total. The van der Waals surface area contributed by atoms with Crippen molar-refractivity contribution in [1.29, 1.82) is 0 Å². The molecule has 0 bridgehead atoms. The first-order valence-corrected chi connectivity index (χ1v) is 7.40. The highest BCUT2D eigenvalue weighted by Crippen LogP contribution is 2.36. The summed E-state index contributed by atoms with van der Waals surface area (Å²) in [6, 6.07) is 11.9. The average molecular weight is 331 g/mol. The van der Waals surface area contributed by atoms with Crippen LogP contribution in [0.3, 0.4) is 0 Å². The summed E-state index contributed by atoms with van der Waals surface area (Å²) in [5.74, 6) is 0.838. The summed E-state index contributed by atoms with van der Waals surface area (Å²) in [6.07, 6.45) is 0.195. The Kier molecular flexibility index (Phi) is 3.38. The molecule has 1 unspecified atom stereocenters. The molecular formula is C17H15BrO2. The van der Waals surface area contributed by atoms with Gasteiger partial charge in [-0.15, -0.1) is 0 Å². The van der Waals surface area contributed by atoms with E-state index in [1.807, 2.05) is 50.2 Å². The van der Waals surface area contributed by atoms with Crippen LogP contribution in [0, 0.1) is 13.8 Å². The van der Waals surface area contributed by atoms with Crippen LogP contribution in [-0.4, -0.2) is 5.78 Å². The molecule has 20 heavy (non-hydrogen) atoms. The third-order valence-electron chi connectivity index (χ3n) is 3.64. The molecule has 3 heteroatoms. The molecule has 0 radical (unpaired) electrons. The molecule has 0 saturated carbocycles. The molecule has 0 spiro atoms. The van der Waals surface area contributed by atoms with E-state index >= 15 is 0 Å². The number of benzene rings is 2. The number of ketones is 1. The van der Waals surface area contributed by atoms with Crippen molar-refractivity contribution >= 4 is 21.7 Å². The van der Waals surface area contributed by atoms with Crippen LogP contribution in [0.15, 0.2) is 40.9 Å². The molecule has 0 fully saturated rings. The molecule has 1 aliphatic rings. The molecule has 3 rings (SSSR count). The van der Waals surface area contributed by atoms with Crippen LogP contribution in [0.2, 0.25) is 0 Å². The molecule has 1 atom stereocenters. The van der Waals surface area contributed by atoms with E-state index in [9.17, 15) is 4.79 Å². The van der Waals surface area contributed by atoms with Crippen LogP contribution in [0.1, 0.15) is 39.6 Å². The maximum absolute atomic E-state index is 12.3. The minimum Gasteiger partial charge on any atom is -0.484 e. The summed E-state index contributed by atoms with van der Waals surface area (Å²) in [7, 11) is 0. The largest absolute Gasteiger partial charge is 0.484 e. The smallest absolute Gasteiger partial charge is 0.170 e. The Labute approximate surface area is 126 Å². The van der Waals surface area contributed by atoms with E-state index in [1.165, 1.54) is 5.56 Å². The van der Waals surface area contributed by atoms with Crippen LogP contribution in [-0.2, 0) is 0 Å². The molecule has 2 aromatic carbocycles. The first kappa shape index (κ1) is 13.4. The SMILES string of the molecule is Cc1ccc2c(c1)C(=O)CC(c1ccc(C)c(Br)c1)O2. The predicted octanol–water partition coefficient (Wildman–Crippen LogP) is 4.77. The Bertz CT molecular complexity index is 691. The highest BCUT2D eigenvalue weighted by molar-refractivity contribution is 9.10. The molecule has 0 amide bonds. The quantitative estimate of drug-likeness (QED) is 0.752. The van der Waals surface area contributed by atoms with Gasteiger partial charge in [-0.3, -0.25) is 4.79 Å². The maximum Gasteiger partial charge on any atom is 0.170 e. The van der Waals surface area contributed by atoms with Crippen LogP contribution in [0.5, 0.6) is 5.75 Å². The number of hydrogen-bond donors (Lipinski definition) is 0. The number of halogens is 1. The third-order valence-corrected chi connectivity index (χ3v) is 4.50. The number of Topliss-reactive ketones (excluding diaryl/α,β-unsaturated/α-hetero) is 1. The molecular weight excluding hydrogens is 316 g/mol. The second kappa shape index (κ2) is 5.06. The zero-order valence-corrected chi connectivity index (χ0v) is 13.0. The molecule has 0 saturated heterocycles. The van der Waals surface area contributed by atoms with Gasteiger partial charge in [0.05, 0.1) is 12.0 Å². The highest BCUT2D eigenvalue weighted by Gasteiger charge is 2.27. The lowest BCUT2D eigenvalue weighted by Gasteiger charge is -2.26. The van der Waals surface area contributed by atoms with Gasteiger partial charge < -0.3 is 4.74 Å². The van der Waals surface area contributed by atoms with E-state index in [1.54, 1.807) is 0 Å². The Hall–Kier alpha value is -1.61. The fraction of sp³-hybridized carbons (Fsp3) is 0.235. The fourth-order valence-electron chi connectivity index (χ4n) is 2.43. The van der Waals surface area contributed by atoms with Gasteiger partial charge >= 0.3 is 0 Å². The van der Waals surface area contributed by atoms with Crippen molar-refractivity contribution in [2.75, 3.05) is 0 Å². The van der Waals surface area contributed by atoms with Gasteiger partial charge in [-0.05, 0) is 43.2 Å². The Morgan fingerprint density at radius 3 is 2.70 bits per heavy atom. The summed E-state index contributed by atoms with van der Waals surface area (Å²) in [5.41, 5.74) is 3.98. The molecule has 0 aliphatic carbocycles. The van der Waals surface area contributed by atoms with Gasteiger partial charge in [0.15, 0.2) is 5.78 Å². The standard InChI is InChI=1S/C17H15BrO2/c1-10-3-6-16-13(7-10)15(19)9-17(20-16)12-5-4-11(2)14(18)8-12/h3-8,17H,9H2,1-2H3. The third kappa shape index (κ3) is 2.38. The van der Waals surface area contributed by atoms with E-state index in [0.717, 1.165) is 15.6 Å². The van der Waals surface area contributed by atoms with E-state index in [2.05, 4.69) is 15.9 Å². The van der Waals surface area contributed by atoms with Crippen LogP contribution in [0.25, 0.3) is 0 Å². The Morgan fingerprint density at radius 2 is 1.95 bits per heavy atom. The van der Waals surface area contributed by atoms with Crippen molar-refractivity contribution in [2.45, 2.75) is 26.4 Å². The van der Waals surface area contributed by atoms with Gasteiger partial charge in [0.25, 0.3) is 0 Å². The molecule has 0 aromatic heterocycles. The second-order valence-electron chi connectivity index (χ2n) is 5.24. The number of carbonyl (C=O) groups is 1. The molecule has 1 heterocycles. The normalized spacial score (nSPS) is 17.6. The lowest BCUT2D eigenvalue weighted by atomic mass is 9.95. The maximum atomic E-state index is 12.3. The number of ether oxygens (including phenoxy) is 1. The molecule has 0 N–H and O–H groups in total. The van der Waals surface area contributed by atoms with Gasteiger partial charge in [-0.1, -0.05) is 39.7 Å². The van der Waals surface area contributed by atoms with Crippen molar-refractivity contribution in [3.05, 3.63) is 63.1 Å². The first-order chi connectivity index (χ1) is 9.54. The van der Waals surface area contributed by atoms with Crippen LogP contribution >= 0.6 is 15.9 Å². The Balaban J connectivity index is 1.97. The van der Waals surface area contributed by atoms with E-state index in [4.69, 9.17) is 4.74 Å². The van der Waals surface area contributed by atoms with Crippen molar-refractivity contribution in [1.82, 2.24) is 0 Å². The molecule has 1 aliphatic heterocycles. The summed E-state index contributed by atoms with van der Waals surface area (Å²) in [4.78, 5) is 12.3. The fourth-order valence-corrected chi connectivity index (χ4v) is 2.83. The van der Waals surface area contributed by atoms with Gasteiger partial charge in [0, 0.05) is 4.47 Å². The lowest BCUT2D eigenvalue weighted by Crippen LogP contribution is -2.20.